The Morgan fingerprint density at radius 3 is 2.77 bits per heavy atom. The van der Waals surface area contributed by atoms with Crippen molar-refractivity contribution in [3.63, 3.8) is 0 Å². The minimum absolute atomic E-state index is 0.125. The topological polar surface area (TPSA) is 89.4 Å². The van der Waals surface area contributed by atoms with Crippen LogP contribution < -0.4 is 5.56 Å². The van der Waals surface area contributed by atoms with Crippen LogP contribution in [0.2, 0.25) is 0 Å². The van der Waals surface area contributed by atoms with Crippen LogP contribution in [0.1, 0.15) is 24.2 Å². The SMILES string of the molecule is N#Cc1ccc(-n2nnc3c(=O)n4c(nc32)CCCC4)cc1. The molecule has 3 heterocycles. The molecule has 22 heavy (non-hydrogen) atoms. The van der Waals surface area contributed by atoms with Crippen LogP contribution in [0.3, 0.4) is 0 Å². The van der Waals surface area contributed by atoms with E-state index >= 15 is 0 Å². The number of hydrogen-bond acceptors (Lipinski definition) is 5. The molecule has 2 aromatic heterocycles. The highest BCUT2D eigenvalue weighted by molar-refractivity contribution is 5.70. The van der Waals surface area contributed by atoms with Gasteiger partial charge in [-0.1, -0.05) is 5.21 Å². The predicted molar refractivity (Wildman–Crippen MR) is 78.6 cm³/mol. The second-order valence-electron chi connectivity index (χ2n) is 5.27. The fourth-order valence-electron chi connectivity index (χ4n) is 2.77. The molecule has 7 nitrogen and oxygen atoms in total. The molecule has 0 spiro atoms. The lowest BCUT2D eigenvalue weighted by Gasteiger charge is -2.16. The first-order valence-corrected chi connectivity index (χ1v) is 7.13. The van der Waals surface area contributed by atoms with E-state index in [2.05, 4.69) is 21.4 Å². The molecule has 108 valence electrons. The molecule has 0 aliphatic carbocycles. The second-order valence-corrected chi connectivity index (χ2v) is 5.27. The largest absolute Gasteiger partial charge is 0.295 e. The van der Waals surface area contributed by atoms with Crippen molar-refractivity contribution >= 4 is 11.2 Å². The third-order valence-corrected chi connectivity index (χ3v) is 3.91. The molecular formula is C15H12N6O. The van der Waals surface area contributed by atoms with Gasteiger partial charge in [-0.05, 0) is 37.1 Å². The quantitative estimate of drug-likeness (QED) is 0.672. The normalized spacial score (nSPS) is 13.8. The number of rotatable bonds is 1. The van der Waals surface area contributed by atoms with Crippen molar-refractivity contribution in [2.24, 2.45) is 0 Å². The first-order chi connectivity index (χ1) is 10.8. The Kier molecular flexibility index (Phi) is 2.76. The number of benzene rings is 1. The van der Waals surface area contributed by atoms with Gasteiger partial charge < -0.3 is 0 Å². The summed E-state index contributed by atoms with van der Waals surface area (Å²) in [5.74, 6) is 0.793. The summed E-state index contributed by atoms with van der Waals surface area (Å²) in [6, 6.07) is 9.02. The Morgan fingerprint density at radius 2 is 2.00 bits per heavy atom. The summed E-state index contributed by atoms with van der Waals surface area (Å²) in [5, 5.41) is 16.9. The molecular weight excluding hydrogens is 280 g/mol. The van der Waals surface area contributed by atoms with Gasteiger partial charge >= 0.3 is 0 Å². The predicted octanol–water partition coefficient (Wildman–Crippen LogP) is 1.19. The Morgan fingerprint density at radius 1 is 1.18 bits per heavy atom. The molecule has 0 radical (unpaired) electrons. The van der Waals surface area contributed by atoms with E-state index in [0.29, 0.717) is 17.8 Å². The van der Waals surface area contributed by atoms with Crippen LogP contribution in [0.25, 0.3) is 16.9 Å². The van der Waals surface area contributed by atoms with E-state index in [1.807, 2.05) is 0 Å². The summed E-state index contributed by atoms with van der Waals surface area (Å²) in [4.78, 5) is 17.1. The van der Waals surface area contributed by atoms with Crippen LogP contribution >= 0.6 is 0 Å². The van der Waals surface area contributed by atoms with Gasteiger partial charge in [-0.25, -0.2) is 4.98 Å². The van der Waals surface area contributed by atoms with Gasteiger partial charge in [0.2, 0.25) is 0 Å². The maximum atomic E-state index is 12.5. The van der Waals surface area contributed by atoms with Gasteiger partial charge in [0.25, 0.3) is 5.56 Å². The van der Waals surface area contributed by atoms with E-state index in [9.17, 15) is 4.79 Å². The fraction of sp³-hybridized carbons (Fsp3) is 0.267. The van der Waals surface area contributed by atoms with Gasteiger partial charge in [0.1, 0.15) is 5.82 Å². The van der Waals surface area contributed by atoms with Gasteiger partial charge in [-0.15, -0.1) is 5.10 Å². The summed E-state index contributed by atoms with van der Waals surface area (Å²) < 4.78 is 3.25. The molecule has 1 aromatic carbocycles. The Labute approximate surface area is 125 Å². The zero-order valence-corrected chi connectivity index (χ0v) is 11.7. The molecule has 0 unspecified atom stereocenters. The lowest BCUT2D eigenvalue weighted by atomic mass is 10.1. The van der Waals surface area contributed by atoms with E-state index in [1.165, 1.54) is 0 Å². The molecule has 3 aromatic rings. The summed E-state index contributed by atoms with van der Waals surface area (Å²) in [6.07, 6.45) is 2.82. The monoisotopic (exact) mass is 292 g/mol. The molecule has 0 saturated carbocycles. The molecule has 4 rings (SSSR count). The maximum Gasteiger partial charge on any atom is 0.283 e. The first-order valence-electron chi connectivity index (χ1n) is 7.13. The Balaban J connectivity index is 1.94. The molecule has 0 N–H and O–H groups in total. The summed E-state index contributed by atoms with van der Waals surface area (Å²) in [7, 11) is 0. The van der Waals surface area contributed by atoms with E-state index in [4.69, 9.17) is 5.26 Å². The van der Waals surface area contributed by atoms with E-state index in [0.717, 1.165) is 30.8 Å². The lowest BCUT2D eigenvalue weighted by Crippen LogP contribution is -2.28. The van der Waals surface area contributed by atoms with Crippen molar-refractivity contribution in [3.05, 3.63) is 46.0 Å². The number of aromatic nitrogens is 5. The molecule has 0 bridgehead atoms. The second kappa shape index (κ2) is 4.77. The maximum absolute atomic E-state index is 12.5. The third-order valence-electron chi connectivity index (χ3n) is 3.91. The van der Waals surface area contributed by atoms with Crippen molar-refractivity contribution in [1.29, 1.82) is 5.26 Å². The average molecular weight is 292 g/mol. The Bertz CT molecular complexity index is 961. The van der Waals surface area contributed by atoms with E-state index < -0.39 is 0 Å². The van der Waals surface area contributed by atoms with Crippen molar-refractivity contribution in [2.45, 2.75) is 25.8 Å². The van der Waals surface area contributed by atoms with Crippen LogP contribution in [0, 0.1) is 11.3 Å². The molecule has 0 amide bonds. The number of nitriles is 1. The van der Waals surface area contributed by atoms with Crippen LogP contribution in [-0.4, -0.2) is 24.5 Å². The highest BCUT2D eigenvalue weighted by Gasteiger charge is 2.19. The number of fused-ring (bicyclic) bond motifs is 2. The molecule has 0 fully saturated rings. The van der Waals surface area contributed by atoms with Crippen LogP contribution in [0.5, 0.6) is 0 Å². The minimum atomic E-state index is -0.125. The molecule has 0 atom stereocenters. The molecule has 7 heteroatoms. The van der Waals surface area contributed by atoms with Crippen LogP contribution in [-0.2, 0) is 13.0 Å². The van der Waals surface area contributed by atoms with Crippen molar-refractivity contribution in [3.8, 4) is 11.8 Å². The number of nitrogens with zero attached hydrogens (tertiary/aromatic N) is 6. The van der Waals surface area contributed by atoms with Gasteiger partial charge in [0, 0.05) is 13.0 Å². The highest BCUT2D eigenvalue weighted by Crippen LogP contribution is 2.16. The average Bonchev–Trinajstić information content (AvgIpc) is 2.99. The number of aryl methyl sites for hydroxylation is 1. The van der Waals surface area contributed by atoms with Crippen molar-refractivity contribution < 1.29 is 0 Å². The van der Waals surface area contributed by atoms with Crippen LogP contribution in [0.4, 0.5) is 0 Å². The first kappa shape index (κ1) is 12.7. The van der Waals surface area contributed by atoms with E-state index in [-0.39, 0.29) is 11.1 Å². The van der Waals surface area contributed by atoms with E-state index in [1.54, 1.807) is 33.5 Å². The summed E-state index contributed by atoms with van der Waals surface area (Å²) >= 11 is 0. The molecule has 1 aliphatic rings. The van der Waals surface area contributed by atoms with Gasteiger partial charge in [-0.2, -0.15) is 9.94 Å². The Hall–Kier alpha value is -3.01. The summed E-state index contributed by atoms with van der Waals surface area (Å²) in [6.45, 7) is 0.695. The summed E-state index contributed by atoms with van der Waals surface area (Å²) in [5.41, 5.74) is 1.94. The zero-order chi connectivity index (χ0) is 15.1. The van der Waals surface area contributed by atoms with Crippen molar-refractivity contribution in [2.75, 3.05) is 0 Å². The van der Waals surface area contributed by atoms with Gasteiger partial charge in [0.05, 0.1) is 17.3 Å². The van der Waals surface area contributed by atoms with Gasteiger partial charge in [-0.3, -0.25) is 9.36 Å². The van der Waals surface area contributed by atoms with Crippen LogP contribution in [0.15, 0.2) is 29.1 Å². The lowest BCUT2D eigenvalue weighted by molar-refractivity contribution is 0.500. The standard InChI is InChI=1S/C15H12N6O/c16-9-10-4-6-11(7-5-10)21-14-13(18-19-21)15(22)20-8-2-1-3-12(20)17-14/h4-7H,1-3,8H2. The minimum Gasteiger partial charge on any atom is -0.295 e. The zero-order valence-electron chi connectivity index (χ0n) is 11.7. The molecule has 0 saturated heterocycles. The highest BCUT2D eigenvalue weighted by atomic mass is 16.1. The smallest absolute Gasteiger partial charge is 0.283 e. The third kappa shape index (κ3) is 1.81. The number of hydrogen-bond donors (Lipinski definition) is 0. The van der Waals surface area contributed by atoms with Crippen molar-refractivity contribution in [1.82, 2.24) is 24.5 Å². The molecule has 1 aliphatic heterocycles. The van der Waals surface area contributed by atoms with Gasteiger partial charge in [0.15, 0.2) is 11.2 Å². The fourth-order valence-corrected chi connectivity index (χ4v) is 2.77.